The van der Waals surface area contributed by atoms with Gasteiger partial charge in [-0.05, 0) is 38.0 Å². The molecule has 7 heteroatoms. The van der Waals surface area contributed by atoms with E-state index in [4.69, 9.17) is 9.47 Å². The fourth-order valence-electron chi connectivity index (χ4n) is 4.23. The Labute approximate surface area is 187 Å². The molecule has 2 heterocycles. The Hall–Kier alpha value is -3.19. The number of benzene rings is 2. The summed E-state index contributed by atoms with van der Waals surface area (Å²) in [6, 6.07) is 15.7. The molecule has 0 N–H and O–H groups in total. The molecule has 2 aromatic rings. The van der Waals surface area contributed by atoms with Gasteiger partial charge < -0.3 is 9.47 Å². The van der Waals surface area contributed by atoms with Crippen molar-refractivity contribution in [2.75, 3.05) is 6.54 Å². The molecule has 2 aliphatic heterocycles. The molecule has 2 atom stereocenters. The zero-order valence-electron chi connectivity index (χ0n) is 18.6. The summed E-state index contributed by atoms with van der Waals surface area (Å²) in [4.78, 5) is 41.8. The van der Waals surface area contributed by atoms with Crippen molar-refractivity contribution in [2.24, 2.45) is 0 Å². The maximum Gasteiger partial charge on any atom is 0.410 e. The summed E-state index contributed by atoms with van der Waals surface area (Å²) in [7, 11) is 0. The third kappa shape index (κ3) is 4.67. The second kappa shape index (κ2) is 8.74. The lowest BCUT2D eigenvalue weighted by Gasteiger charge is -2.26. The van der Waals surface area contributed by atoms with Gasteiger partial charge in [0.1, 0.15) is 12.6 Å². The molecule has 4 rings (SSSR count). The van der Waals surface area contributed by atoms with Gasteiger partial charge in [-0.2, -0.15) is 0 Å². The lowest BCUT2D eigenvalue weighted by molar-refractivity contribution is -0.133. The highest BCUT2D eigenvalue weighted by Crippen LogP contribution is 2.30. The summed E-state index contributed by atoms with van der Waals surface area (Å²) in [5, 5.41) is 0. The van der Waals surface area contributed by atoms with Crippen molar-refractivity contribution in [3.05, 3.63) is 71.3 Å². The van der Waals surface area contributed by atoms with Gasteiger partial charge in [-0.25, -0.2) is 4.79 Å². The van der Waals surface area contributed by atoms with Crippen LogP contribution in [0, 0.1) is 0 Å². The molecule has 168 valence electrons. The molecule has 32 heavy (non-hydrogen) atoms. The van der Waals surface area contributed by atoms with Crippen LogP contribution in [0.4, 0.5) is 4.79 Å². The van der Waals surface area contributed by atoms with E-state index in [1.54, 1.807) is 12.1 Å². The first kappa shape index (κ1) is 22.0. The second-order valence-corrected chi connectivity index (χ2v) is 9.18. The molecule has 0 spiro atoms. The smallest absolute Gasteiger partial charge is 0.410 e. The van der Waals surface area contributed by atoms with Crippen LogP contribution in [0.2, 0.25) is 0 Å². The number of carbonyl (C=O) groups excluding carboxylic acids is 3. The van der Waals surface area contributed by atoms with Crippen LogP contribution < -0.4 is 0 Å². The van der Waals surface area contributed by atoms with E-state index in [9.17, 15) is 14.4 Å². The second-order valence-electron chi connectivity index (χ2n) is 9.18. The van der Waals surface area contributed by atoms with E-state index < -0.39 is 23.6 Å². The average Bonchev–Trinajstić information content (AvgIpc) is 3.32. The lowest BCUT2D eigenvalue weighted by atomic mass is 10.1. The number of carbonyl (C=O) groups is 3. The molecule has 0 aromatic heterocycles. The largest absolute Gasteiger partial charge is 0.445 e. The van der Waals surface area contributed by atoms with E-state index in [1.165, 1.54) is 9.80 Å². The first-order valence-corrected chi connectivity index (χ1v) is 10.8. The van der Waals surface area contributed by atoms with E-state index in [0.29, 0.717) is 12.0 Å². The molecule has 1 fully saturated rings. The Kier molecular flexibility index (Phi) is 6.02. The zero-order chi connectivity index (χ0) is 22.9. The number of rotatable bonds is 4. The molecular formula is C25H28N2O5. The number of amides is 3. The molecule has 0 unspecified atom stereocenters. The molecule has 7 nitrogen and oxygen atoms in total. The minimum atomic E-state index is -0.816. The van der Waals surface area contributed by atoms with Crippen LogP contribution >= 0.6 is 0 Å². The Morgan fingerprint density at radius 2 is 1.72 bits per heavy atom. The molecule has 0 saturated carbocycles. The van der Waals surface area contributed by atoms with E-state index in [-0.39, 0.29) is 31.7 Å². The quantitative estimate of drug-likeness (QED) is 0.682. The maximum absolute atomic E-state index is 13.4. The van der Waals surface area contributed by atoms with Gasteiger partial charge in [0.05, 0.1) is 24.8 Å². The van der Waals surface area contributed by atoms with Crippen LogP contribution in [0.1, 0.15) is 48.7 Å². The summed E-state index contributed by atoms with van der Waals surface area (Å²) < 4.78 is 11.6. The minimum absolute atomic E-state index is 0.107. The normalized spacial score (nSPS) is 20.4. The summed E-state index contributed by atoms with van der Waals surface area (Å²) in [6.07, 6.45) is -0.596. The molecule has 0 radical (unpaired) electrons. The van der Waals surface area contributed by atoms with Gasteiger partial charge in [0.15, 0.2) is 0 Å². The van der Waals surface area contributed by atoms with Gasteiger partial charge in [0, 0.05) is 12.0 Å². The van der Waals surface area contributed by atoms with Gasteiger partial charge in [0.25, 0.3) is 11.8 Å². The fraction of sp³-hybridized carbons (Fsp3) is 0.400. The Morgan fingerprint density at radius 3 is 2.41 bits per heavy atom. The highest BCUT2D eigenvalue weighted by Gasteiger charge is 2.46. The standard InChI is InChI=1S/C25H28N2O5/c1-25(2,3)32-19-13-21(23(29)27-14-18-11-7-8-12-20(18)22(27)28)26(15-19)24(30)31-16-17-9-5-4-6-10-17/h4-12,19,21H,13-16H2,1-3H3/t19-,21+/m1/s1. The third-order valence-corrected chi connectivity index (χ3v) is 5.60. The number of nitrogens with zero attached hydrogens (tertiary/aromatic N) is 2. The topological polar surface area (TPSA) is 76.2 Å². The molecule has 0 aliphatic carbocycles. The van der Waals surface area contributed by atoms with Gasteiger partial charge >= 0.3 is 6.09 Å². The summed E-state index contributed by atoms with van der Waals surface area (Å²) in [5.41, 5.74) is 1.77. The number of fused-ring (bicyclic) bond motifs is 1. The van der Waals surface area contributed by atoms with Crippen molar-refractivity contribution in [3.8, 4) is 0 Å². The maximum atomic E-state index is 13.4. The van der Waals surface area contributed by atoms with Crippen molar-refractivity contribution in [2.45, 2.75) is 58.1 Å². The first-order chi connectivity index (χ1) is 15.2. The fourth-order valence-corrected chi connectivity index (χ4v) is 4.23. The molecule has 2 aliphatic rings. The monoisotopic (exact) mass is 436 g/mol. The number of likely N-dealkylation sites (tertiary alicyclic amines) is 1. The van der Waals surface area contributed by atoms with Crippen LogP contribution in [0.15, 0.2) is 54.6 Å². The molecule has 0 bridgehead atoms. The number of imide groups is 1. The minimum Gasteiger partial charge on any atom is -0.445 e. The van der Waals surface area contributed by atoms with E-state index in [2.05, 4.69) is 0 Å². The van der Waals surface area contributed by atoms with Gasteiger partial charge in [-0.15, -0.1) is 0 Å². The molecule has 2 aromatic carbocycles. The van der Waals surface area contributed by atoms with Crippen molar-refractivity contribution in [1.29, 1.82) is 0 Å². The SMILES string of the molecule is CC(C)(C)O[C@@H]1C[C@@H](C(=O)N2Cc3ccccc3C2=O)N(C(=O)OCc2ccccc2)C1. The molecule has 1 saturated heterocycles. The Balaban J connectivity index is 1.51. The van der Waals surface area contributed by atoms with Crippen LogP contribution in [0.5, 0.6) is 0 Å². The van der Waals surface area contributed by atoms with Crippen LogP contribution in [-0.2, 0) is 27.4 Å². The predicted molar refractivity (Wildman–Crippen MR) is 118 cm³/mol. The predicted octanol–water partition coefficient (Wildman–Crippen LogP) is 3.76. The van der Waals surface area contributed by atoms with Gasteiger partial charge in [-0.1, -0.05) is 48.5 Å². The van der Waals surface area contributed by atoms with E-state index in [1.807, 2.05) is 63.2 Å². The van der Waals surface area contributed by atoms with Crippen molar-refractivity contribution in [3.63, 3.8) is 0 Å². The van der Waals surface area contributed by atoms with E-state index >= 15 is 0 Å². The lowest BCUT2D eigenvalue weighted by Crippen LogP contribution is -2.48. The summed E-state index contributed by atoms with van der Waals surface area (Å²) in [6.45, 7) is 6.34. The van der Waals surface area contributed by atoms with E-state index in [0.717, 1.165) is 11.1 Å². The van der Waals surface area contributed by atoms with Gasteiger partial charge in [0.2, 0.25) is 0 Å². The average molecular weight is 437 g/mol. The zero-order valence-corrected chi connectivity index (χ0v) is 18.6. The molecular weight excluding hydrogens is 408 g/mol. The van der Waals surface area contributed by atoms with Crippen LogP contribution in [0.25, 0.3) is 0 Å². The summed E-state index contributed by atoms with van der Waals surface area (Å²) in [5.74, 6) is -0.730. The molecule has 3 amide bonds. The number of hydrogen-bond acceptors (Lipinski definition) is 5. The third-order valence-electron chi connectivity index (χ3n) is 5.60. The summed E-state index contributed by atoms with van der Waals surface area (Å²) >= 11 is 0. The Bertz CT molecular complexity index is 1010. The highest BCUT2D eigenvalue weighted by molar-refractivity contribution is 6.09. The Morgan fingerprint density at radius 1 is 1.03 bits per heavy atom. The van der Waals surface area contributed by atoms with Gasteiger partial charge in [-0.3, -0.25) is 19.4 Å². The number of hydrogen-bond donors (Lipinski definition) is 0. The van der Waals surface area contributed by atoms with Crippen molar-refractivity contribution in [1.82, 2.24) is 9.80 Å². The van der Waals surface area contributed by atoms with Crippen molar-refractivity contribution < 1.29 is 23.9 Å². The highest BCUT2D eigenvalue weighted by atomic mass is 16.6. The van der Waals surface area contributed by atoms with Crippen molar-refractivity contribution >= 4 is 17.9 Å². The van der Waals surface area contributed by atoms with Crippen LogP contribution in [0.3, 0.4) is 0 Å². The van der Waals surface area contributed by atoms with Crippen LogP contribution in [-0.4, -0.2) is 52.0 Å². The first-order valence-electron chi connectivity index (χ1n) is 10.8. The number of ether oxygens (including phenoxy) is 2.